The van der Waals surface area contributed by atoms with E-state index in [2.05, 4.69) is 25.7 Å². The second-order valence-electron chi connectivity index (χ2n) is 5.07. The van der Waals surface area contributed by atoms with Crippen molar-refractivity contribution in [2.24, 2.45) is 5.14 Å². The van der Waals surface area contributed by atoms with Gasteiger partial charge in [-0.2, -0.15) is 0 Å². The van der Waals surface area contributed by atoms with Crippen molar-refractivity contribution in [3.63, 3.8) is 0 Å². The molecule has 0 bridgehead atoms. The molecule has 4 N–H and O–H groups in total. The SMILES string of the molecule is CCCCN(c1cc(S(N)(=O)=O)ccc1N)C(C)CC. The van der Waals surface area contributed by atoms with E-state index in [1.807, 2.05) is 0 Å². The lowest BCUT2D eigenvalue weighted by atomic mass is 10.1. The van der Waals surface area contributed by atoms with Gasteiger partial charge in [-0.3, -0.25) is 0 Å². The molecule has 1 aromatic carbocycles. The lowest BCUT2D eigenvalue weighted by Gasteiger charge is -2.32. The smallest absolute Gasteiger partial charge is 0.238 e. The first kappa shape index (κ1) is 16.8. The highest BCUT2D eigenvalue weighted by Crippen LogP contribution is 2.29. The van der Waals surface area contributed by atoms with Gasteiger partial charge in [0.05, 0.1) is 16.3 Å². The molecule has 5 nitrogen and oxygen atoms in total. The Labute approximate surface area is 122 Å². The molecule has 0 saturated carbocycles. The van der Waals surface area contributed by atoms with E-state index in [4.69, 9.17) is 10.9 Å². The summed E-state index contributed by atoms with van der Waals surface area (Å²) in [5.41, 5.74) is 7.35. The van der Waals surface area contributed by atoms with Crippen molar-refractivity contribution >= 4 is 21.4 Å². The first-order chi connectivity index (χ1) is 9.31. The summed E-state index contributed by atoms with van der Waals surface area (Å²) < 4.78 is 23.0. The van der Waals surface area contributed by atoms with Crippen LogP contribution in [0, 0.1) is 0 Å². The minimum Gasteiger partial charge on any atom is -0.397 e. The number of nitrogens with zero attached hydrogens (tertiary/aromatic N) is 1. The van der Waals surface area contributed by atoms with Crippen LogP contribution in [0.15, 0.2) is 23.1 Å². The van der Waals surface area contributed by atoms with Crippen LogP contribution in [0.4, 0.5) is 11.4 Å². The number of anilines is 2. The number of primary sulfonamides is 1. The van der Waals surface area contributed by atoms with Crippen molar-refractivity contribution in [1.82, 2.24) is 0 Å². The van der Waals surface area contributed by atoms with Gasteiger partial charge in [-0.25, -0.2) is 13.6 Å². The Kier molecular flexibility index (Phi) is 5.83. The lowest BCUT2D eigenvalue weighted by Crippen LogP contribution is -2.34. The fourth-order valence-corrected chi connectivity index (χ4v) is 2.61. The number of nitrogens with two attached hydrogens (primary N) is 2. The highest BCUT2D eigenvalue weighted by Gasteiger charge is 2.18. The predicted octanol–water partition coefficient (Wildman–Crippen LogP) is 2.32. The average molecular weight is 299 g/mol. The first-order valence-electron chi connectivity index (χ1n) is 7.00. The van der Waals surface area contributed by atoms with Gasteiger partial charge in [0, 0.05) is 12.6 Å². The van der Waals surface area contributed by atoms with Gasteiger partial charge in [-0.1, -0.05) is 20.3 Å². The van der Waals surface area contributed by atoms with Crippen molar-refractivity contribution in [1.29, 1.82) is 0 Å². The highest BCUT2D eigenvalue weighted by molar-refractivity contribution is 7.89. The van der Waals surface area contributed by atoms with E-state index in [1.165, 1.54) is 6.07 Å². The van der Waals surface area contributed by atoms with Crippen molar-refractivity contribution in [3.8, 4) is 0 Å². The van der Waals surface area contributed by atoms with Crippen LogP contribution in [-0.2, 0) is 10.0 Å². The van der Waals surface area contributed by atoms with E-state index in [0.717, 1.165) is 31.5 Å². The van der Waals surface area contributed by atoms with Gasteiger partial charge in [0.15, 0.2) is 0 Å². The zero-order chi connectivity index (χ0) is 15.3. The number of nitrogen functional groups attached to an aromatic ring is 1. The van der Waals surface area contributed by atoms with Crippen LogP contribution >= 0.6 is 0 Å². The molecule has 0 aromatic heterocycles. The number of hydrogen-bond acceptors (Lipinski definition) is 4. The van der Waals surface area contributed by atoms with Gasteiger partial charge in [-0.15, -0.1) is 0 Å². The molecule has 114 valence electrons. The van der Waals surface area contributed by atoms with E-state index in [9.17, 15) is 8.42 Å². The largest absolute Gasteiger partial charge is 0.397 e. The minimum atomic E-state index is -3.71. The van der Waals surface area contributed by atoms with Crippen LogP contribution in [-0.4, -0.2) is 21.0 Å². The molecule has 0 aliphatic heterocycles. The van der Waals surface area contributed by atoms with E-state index < -0.39 is 10.0 Å². The number of benzene rings is 1. The van der Waals surface area contributed by atoms with Gasteiger partial charge in [0.2, 0.25) is 10.0 Å². The molecule has 0 heterocycles. The minimum absolute atomic E-state index is 0.103. The molecule has 1 rings (SSSR count). The molecular weight excluding hydrogens is 274 g/mol. The van der Waals surface area contributed by atoms with Gasteiger partial charge in [0.25, 0.3) is 0 Å². The Bertz CT molecular complexity index is 543. The average Bonchev–Trinajstić information content (AvgIpc) is 2.39. The summed E-state index contributed by atoms with van der Waals surface area (Å²) in [6, 6.07) is 4.92. The fourth-order valence-electron chi connectivity index (χ4n) is 2.08. The molecule has 1 aromatic rings. The molecule has 0 saturated heterocycles. The fraction of sp³-hybridized carbons (Fsp3) is 0.571. The summed E-state index contributed by atoms with van der Waals surface area (Å²) in [4.78, 5) is 2.26. The van der Waals surface area contributed by atoms with Gasteiger partial charge in [0.1, 0.15) is 0 Å². The van der Waals surface area contributed by atoms with Crippen molar-refractivity contribution < 1.29 is 8.42 Å². The van der Waals surface area contributed by atoms with Crippen LogP contribution in [0.3, 0.4) is 0 Å². The maximum Gasteiger partial charge on any atom is 0.238 e. The number of sulfonamides is 1. The number of rotatable bonds is 7. The molecular formula is C14H25N3O2S. The first-order valence-corrected chi connectivity index (χ1v) is 8.54. The molecule has 0 aliphatic carbocycles. The molecule has 1 atom stereocenters. The third kappa shape index (κ3) is 4.11. The zero-order valence-electron chi connectivity index (χ0n) is 12.5. The van der Waals surface area contributed by atoms with Gasteiger partial charge in [-0.05, 0) is 38.0 Å². The van der Waals surface area contributed by atoms with Crippen LogP contribution in [0.1, 0.15) is 40.0 Å². The molecule has 0 aliphatic rings. The summed E-state index contributed by atoms with van der Waals surface area (Å²) in [5.74, 6) is 0. The number of unbranched alkanes of at least 4 members (excludes halogenated alkanes) is 1. The summed E-state index contributed by atoms with van der Waals surface area (Å²) in [7, 11) is -3.71. The molecule has 1 unspecified atom stereocenters. The second kappa shape index (κ2) is 6.95. The Hall–Kier alpha value is -1.27. The van der Waals surface area contributed by atoms with Crippen molar-refractivity contribution in [2.75, 3.05) is 17.2 Å². The molecule has 0 fully saturated rings. The Morgan fingerprint density at radius 2 is 1.95 bits per heavy atom. The van der Waals surface area contributed by atoms with Crippen LogP contribution < -0.4 is 15.8 Å². The van der Waals surface area contributed by atoms with E-state index >= 15 is 0 Å². The molecule has 0 radical (unpaired) electrons. The zero-order valence-corrected chi connectivity index (χ0v) is 13.3. The van der Waals surface area contributed by atoms with E-state index in [1.54, 1.807) is 12.1 Å². The van der Waals surface area contributed by atoms with Gasteiger partial charge >= 0.3 is 0 Å². The van der Waals surface area contributed by atoms with Crippen molar-refractivity contribution in [3.05, 3.63) is 18.2 Å². The summed E-state index contributed by atoms with van der Waals surface area (Å²) in [6.45, 7) is 7.19. The second-order valence-corrected chi connectivity index (χ2v) is 6.63. The van der Waals surface area contributed by atoms with Crippen LogP contribution in [0.5, 0.6) is 0 Å². The molecule has 6 heteroatoms. The maximum absolute atomic E-state index is 11.5. The predicted molar refractivity (Wildman–Crippen MR) is 84.2 cm³/mol. The Balaban J connectivity index is 3.24. The van der Waals surface area contributed by atoms with E-state index in [0.29, 0.717) is 11.7 Å². The summed E-state index contributed by atoms with van der Waals surface area (Å²) in [5, 5.41) is 5.20. The van der Waals surface area contributed by atoms with E-state index in [-0.39, 0.29) is 4.90 Å². The Morgan fingerprint density at radius 1 is 1.30 bits per heavy atom. The summed E-state index contributed by atoms with van der Waals surface area (Å²) in [6.07, 6.45) is 3.06. The third-order valence-electron chi connectivity index (χ3n) is 3.52. The lowest BCUT2D eigenvalue weighted by molar-refractivity contribution is 0.592. The normalized spacial score (nSPS) is 13.2. The topological polar surface area (TPSA) is 89.4 Å². The maximum atomic E-state index is 11.5. The molecule has 20 heavy (non-hydrogen) atoms. The van der Waals surface area contributed by atoms with Crippen molar-refractivity contribution in [2.45, 2.75) is 51.0 Å². The molecule has 0 amide bonds. The van der Waals surface area contributed by atoms with Gasteiger partial charge < -0.3 is 10.6 Å². The third-order valence-corrected chi connectivity index (χ3v) is 4.43. The quantitative estimate of drug-likeness (QED) is 0.756. The highest BCUT2D eigenvalue weighted by atomic mass is 32.2. The number of hydrogen-bond donors (Lipinski definition) is 2. The van der Waals surface area contributed by atoms with Crippen LogP contribution in [0.25, 0.3) is 0 Å². The Morgan fingerprint density at radius 3 is 2.45 bits per heavy atom. The molecule has 0 spiro atoms. The standard InChI is InChI=1S/C14H25N3O2S/c1-4-6-9-17(11(3)5-2)14-10-12(20(16,18)19)7-8-13(14)15/h7-8,10-11H,4-6,9,15H2,1-3H3,(H2,16,18,19). The van der Waals surface area contributed by atoms with Crippen LogP contribution in [0.2, 0.25) is 0 Å². The monoisotopic (exact) mass is 299 g/mol. The summed E-state index contributed by atoms with van der Waals surface area (Å²) >= 11 is 0.